The fourth-order valence-corrected chi connectivity index (χ4v) is 2.72. The minimum Gasteiger partial charge on any atom is -0.327 e. The summed E-state index contributed by atoms with van der Waals surface area (Å²) < 4.78 is 0. The van der Waals surface area contributed by atoms with Crippen molar-refractivity contribution >= 4 is 17.6 Å². The Morgan fingerprint density at radius 3 is 2.33 bits per heavy atom. The molecule has 3 amide bonds. The van der Waals surface area contributed by atoms with Gasteiger partial charge in [0.15, 0.2) is 0 Å². The van der Waals surface area contributed by atoms with Gasteiger partial charge < -0.3 is 16.0 Å². The number of urea groups is 1. The number of anilines is 1. The maximum atomic E-state index is 12.8. The molecule has 3 rings (SSSR count). The number of aryl methyl sites for hydroxylation is 1. The molecule has 1 unspecified atom stereocenters. The summed E-state index contributed by atoms with van der Waals surface area (Å²) in [5.41, 5.74) is 3.76. The lowest BCUT2D eigenvalue weighted by atomic mass is 9.94. The molecule has 1 atom stereocenters. The molecular formula is C19H19N3O2. The van der Waals surface area contributed by atoms with E-state index >= 15 is 0 Å². The molecular weight excluding hydrogens is 302 g/mol. The molecule has 0 aromatic heterocycles. The van der Waals surface area contributed by atoms with Crippen LogP contribution in [0.25, 0.3) is 0 Å². The van der Waals surface area contributed by atoms with Gasteiger partial charge in [-0.1, -0.05) is 48.0 Å². The van der Waals surface area contributed by atoms with Crippen LogP contribution in [0, 0.1) is 6.92 Å². The Morgan fingerprint density at radius 2 is 1.67 bits per heavy atom. The first-order valence-electron chi connectivity index (χ1n) is 7.76. The molecule has 5 heteroatoms. The van der Waals surface area contributed by atoms with Crippen LogP contribution >= 0.6 is 0 Å². The quantitative estimate of drug-likeness (QED) is 0.812. The number of carbonyl (C=O) groups is 2. The standard InChI is InChI=1S/C19H19N3O2/c1-12-8-10-14(11-9-12)17-16(13(2)20-19(24)22-17)18(23)21-15-6-4-3-5-7-15/h3-11,17H,1-2H3,(H,21,23)(H2,20,22,24). The van der Waals surface area contributed by atoms with Gasteiger partial charge in [-0.05, 0) is 31.5 Å². The molecule has 0 bridgehead atoms. The molecule has 5 nitrogen and oxygen atoms in total. The lowest BCUT2D eigenvalue weighted by molar-refractivity contribution is -0.113. The summed E-state index contributed by atoms with van der Waals surface area (Å²) in [7, 11) is 0. The molecule has 0 fully saturated rings. The topological polar surface area (TPSA) is 70.2 Å². The first-order valence-corrected chi connectivity index (χ1v) is 7.76. The van der Waals surface area contributed by atoms with Gasteiger partial charge in [-0.25, -0.2) is 4.79 Å². The second kappa shape index (κ2) is 6.58. The molecule has 3 N–H and O–H groups in total. The zero-order chi connectivity index (χ0) is 17.1. The Labute approximate surface area is 140 Å². The summed E-state index contributed by atoms with van der Waals surface area (Å²) in [6.07, 6.45) is 0. The number of rotatable bonds is 3. The van der Waals surface area contributed by atoms with E-state index in [2.05, 4.69) is 16.0 Å². The summed E-state index contributed by atoms with van der Waals surface area (Å²) in [5, 5.41) is 8.39. The maximum Gasteiger partial charge on any atom is 0.319 e. The highest BCUT2D eigenvalue weighted by Crippen LogP contribution is 2.27. The molecule has 2 aromatic carbocycles. The van der Waals surface area contributed by atoms with Gasteiger partial charge in [0.2, 0.25) is 0 Å². The van der Waals surface area contributed by atoms with E-state index < -0.39 is 6.04 Å². The monoisotopic (exact) mass is 321 g/mol. The second-order valence-corrected chi connectivity index (χ2v) is 5.80. The number of carbonyl (C=O) groups excluding carboxylic acids is 2. The Kier molecular flexibility index (Phi) is 4.33. The minimum atomic E-state index is -0.483. The molecule has 0 saturated heterocycles. The molecule has 0 saturated carbocycles. The van der Waals surface area contributed by atoms with E-state index in [-0.39, 0.29) is 11.9 Å². The number of nitrogens with one attached hydrogen (secondary N) is 3. The highest BCUT2D eigenvalue weighted by atomic mass is 16.2. The lowest BCUT2D eigenvalue weighted by Gasteiger charge is -2.28. The van der Waals surface area contributed by atoms with Gasteiger partial charge in [0, 0.05) is 11.4 Å². The van der Waals surface area contributed by atoms with Gasteiger partial charge in [0.25, 0.3) is 5.91 Å². The number of hydrogen-bond acceptors (Lipinski definition) is 2. The van der Waals surface area contributed by atoms with Crippen LogP contribution in [0.1, 0.15) is 24.1 Å². The van der Waals surface area contributed by atoms with Gasteiger partial charge >= 0.3 is 6.03 Å². The average molecular weight is 321 g/mol. The highest BCUT2D eigenvalue weighted by molar-refractivity contribution is 6.06. The maximum absolute atomic E-state index is 12.8. The molecule has 1 aliphatic rings. The molecule has 0 spiro atoms. The van der Waals surface area contributed by atoms with Gasteiger partial charge in [0.1, 0.15) is 0 Å². The molecule has 122 valence electrons. The van der Waals surface area contributed by atoms with Crippen molar-refractivity contribution in [2.45, 2.75) is 19.9 Å². The van der Waals surface area contributed by atoms with Gasteiger partial charge in [-0.15, -0.1) is 0 Å². The Bertz CT molecular complexity index is 795. The van der Waals surface area contributed by atoms with Crippen LogP contribution in [-0.4, -0.2) is 11.9 Å². The summed E-state index contributed by atoms with van der Waals surface area (Å²) >= 11 is 0. The van der Waals surface area contributed by atoms with E-state index in [1.54, 1.807) is 6.92 Å². The fraction of sp³-hybridized carbons (Fsp3) is 0.158. The zero-order valence-corrected chi connectivity index (χ0v) is 13.6. The Balaban J connectivity index is 1.94. The van der Waals surface area contributed by atoms with E-state index in [4.69, 9.17) is 0 Å². The molecule has 1 aliphatic heterocycles. The van der Waals surface area contributed by atoms with Crippen molar-refractivity contribution in [3.05, 3.63) is 77.0 Å². The molecule has 2 aromatic rings. The van der Waals surface area contributed by atoms with Crippen molar-refractivity contribution in [1.82, 2.24) is 10.6 Å². The first kappa shape index (κ1) is 15.8. The number of allylic oxidation sites excluding steroid dienone is 1. The van der Waals surface area contributed by atoms with Crippen LogP contribution in [0.4, 0.5) is 10.5 Å². The molecule has 0 radical (unpaired) electrons. The number of amides is 3. The van der Waals surface area contributed by atoms with E-state index in [9.17, 15) is 9.59 Å². The summed E-state index contributed by atoms with van der Waals surface area (Å²) in [5.74, 6) is -0.239. The first-order chi connectivity index (χ1) is 11.5. The normalized spacial score (nSPS) is 17.1. The lowest BCUT2D eigenvalue weighted by Crippen LogP contribution is -2.45. The van der Waals surface area contributed by atoms with Crippen LogP contribution in [0.15, 0.2) is 65.9 Å². The largest absolute Gasteiger partial charge is 0.327 e. The highest BCUT2D eigenvalue weighted by Gasteiger charge is 2.31. The van der Waals surface area contributed by atoms with Crippen molar-refractivity contribution in [2.24, 2.45) is 0 Å². The SMILES string of the molecule is CC1=C(C(=O)Nc2ccccc2)C(c2ccc(C)cc2)NC(=O)N1. The van der Waals surface area contributed by atoms with Crippen LogP contribution in [0.3, 0.4) is 0 Å². The van der Waals surface area contributed by atoms with Crippen LogP contribution < -0.4 is 16.0 Å². The van der Waals surface area contributed by atoms with Crippen molar-refractivity contribution in [2.75, 3.05) is 5.32 Å². The van der Waals surface area contributed by atoms with E-state index in [1.165, 1.54) is 0 Å². The summed E-state index contributed by atoms with van der Waals surface area (Å²) in [6, 6.07) is 16.2. The number of benzene rings is 2. The third kappa shape index (κ3) is 3.30. The third-order valence-corrected chi connectivity index (χ3v) is 3.96. The second-order valence-electron chi connectivity index (χ2n) is 5.80. The van der Waals surface area contributed by atoms with Gasteiger partial charge in [-0.3, -0.25) is 4.79 Å². The summed E-state index contributed by atoms with van der Waals surface area (Å²) in [4.78, 5) is 24.6. The van der Waals surface area contributed by atoms with Crippen molar-refractivity contribution < 1.29 is 9.59 Å². The third-order valence-electron chi connectivity index (χ3n) is 3.96. The van der Waals surface area contributed by atoms with Crippen molar-refractivity contribution in [3.8, 4) is 0 Å². The van der Waals surface area contributed by atoms with Crippen molar-refractivity contribution in [1.29, 1.82) is 0 Å². The predicted octanol–water partition coefficient (Wildman–Crippen LogP) is 3.26. The van der Waals surface area contributed by atoms with Crippen LogP contribution in [0.5, 0.6) is 0 Å². The molecule has 0 aliphatic carbocycles. The van der Waals surface area contributed by atoms with Crippen molar-refractivity contribution in [3.63, 3.8) is 0 Å². The Hall–Kier alpha value is -3.08. The van der Waals surface area contributed by atoms with Crippen LogP contribution in [0.2, 0.25) is 0 Å². The average Bonchev–Trinajstić information content (AvgIpc) is 2.55. The molecule has 1 heterocycles. The number of hydrogen-bond donors (Lipinski definition) is 3. The minimum absolute atomic E-state index is 0.239. The molecule has 24 heavy (non-hydrogen) atoms. The van der Waals surface area contributed by atoms with Gasteiger partial charge in [-0.2, -0.15) is 0 Å². The van der Waals surface area contributed by atoms with E-state index in [0.717, 1.165) is 11.1 Å². The van der Waals surface area contributed by atoms with Crippen LogP contribution in [-0.2, 0) is 4.79 Å². The zero-order valence-electron chi connectivity index (χ0n) is 13.6. The smallest absolute Gasteiger partial charge is 0.319 e. The van der Waals surface area contributed by atoms with E-state index in [0.29, 0.717) is 17.0 Å². The number of para-hydroxylation sites is 1. The van der Waals surface area contributed by atoms with Gasteiger partial charge in [0.05, 0.1) is 11.6 Å². The summed E-state index contributed by atoms with van der Waals surface area (Å²) in [6.45, 7) is 3.73. The fourth-order valence-electron chi connectivity index (χ4n) is 2.72. The van der Waals surface area contributed by atoms with E-state index in [1.807, 2.05) is 61.5 Å². The Morgan fingerprint density at radius 1 is 1.00 bits per heavy atom. The predicted molar refractivity (Wildman–Crippen MR) is 93.4 cm³/mol.